The van der Waals surface area contributed by atoms with Crippen LogP contribution < -0.4 is 0 Å². The maximum Gasteiger partial charge on any atom is 0.447 e. The third-order valence-corrected chi connectivity index (χ3v) is 1.21. The first-order valence-corrected chi connectivity index (χ1v) is 2.68. The highest BCUT2D eigenvalue weighted by atomic mass is 19.4. The predicted molar refractivity (Wildman–Crippen MR) is 24.6 cm³/mol. The molecule has 0 aromatic carbocycles. The van der Waals surface area contributed by atoms with Crippen LogP contribution in [0.1, 0.15) is 0 Å². The van der Waals surface area contributed by atoms with E-state index in [1.165, 1.54) is 0 Å². The quantitative estimate of drug-likeness (QED) is 0.547. The standard InChI is InChI=1S/C3F6N4/c4-2(5,6)1(3(7,8)9)10-12-13-11-1. The summed E-state index contributed by atoms with van der Waals surface area (Å²) in [7, 11) is 0. The zero-order chi connectivity index (χ0) is 10.3. The fraction of sp³-hybridized carbons (Fsp3) is 1.00. The fourth-order valence-electron chi connectivity index (χ4n) is 0.577. The maximum absolute atomic E-state index is 11.9. The summed E-state index contributed by atoms with van der Waals surface area (Å²) in [6.45, 7) is 0. The lowest BCUT2D eigenvalue weighted by Crippen LogP contribution is -2.52. The molecule has 0 aromatic rings. The Morgan fingerprint density at radius 2 is 1.00 bits per heavy atom. The fourth-order valence-corrected chi connectivity index (χ4v) is 0.577. The van der Waals surface area contributed by atoms with E-state index in [-0.39, 0.29) is 0 Å². The van der Waals surface area contributed by atoms with Gasteiger partial charge < -0.3 is 0 Å². The third-order valence-electron chi connectivity index (χ3n) is 1.21. The summed E-state index contributed by atoms with van der Waals surface area (Å²) in [6, 6.07) is 0. The highest BCUT2D eigenvalue weighted by molar-refractivity contribution is 4.99. The minimum atomic E-state index is -5.69. The Bertz CT molecular complexity index is 232. The Morgan fingerprint density at radius 3 is 1.15 bits per heavy atom. The first-order valence-electron chi connectivity index (χ1n) is 2.68. The number of hydrogen-bond donors (Lipinski definition) is 0. The molecule has 0 unspecified atom stereocenters. The van der Waals surface area contributed by atoms with Gasteiger partial charge in [0.15, 0.2) is 0 Å². The van der Waals surface area contributed by atoms with Crippen LogP contribution >= 0.6 is 0 Å². The van der Waals surface area contributed by atoms with Crippen molar-refractivity contribution in [2.75, 3.05) is 0 Å². The molecule has 0 atom stereocenters. The molecule has 0 aliphatic carbocycles. The van der Waals surface area contributed by atoms with Crippen molar-refractivity contribution < 1.29 is 26.3 Å². The van der Waals surface area contributed by atoms with Gasteiger partial charge in [0.2, 0.25) is 0 Å². The summed E-state index contributed by atoms with van der Waals surface area (Å²) in [5, 5.41) is 8.33. The van der Waals surface area contributed by atoms with Gasteiger partial charge in [0.05, 0.1) is 0 Å². The first kappa shape index (κ1) is 9.86. The van der Waals surface area contributed by atoms with Crippen molar-refractivity contribution in [1.29, 1.82) is 0 Å². The van der Waals surface area contributed by atoms with E-state index in [2.05, 4.69) is 10.4 Å². The second-order valence-electron chi connectivity index (χ2n) is 2.05. The van der Waals surface area contributed by atoms with Crippen molar-refractivity contribution in [1.82, 2.24) is 0 Å². The van der Waals surface area contributed by atoms with Crippen molar-refractivity contribution >= 4 is 0 Å². The zero-order valence-electron chi connectivity index (χ0n) is 5.56. The van der Waals surface area contributed by atoms with E-state index in [1.54, 1.807) is 0 Å². The van der Waals surface area contributed by atoms with Gasteiger partial charge in [-0.2, -0.15) is 26.3 Å². The molecule has 0 amide bonds. The SMILES string of the molecule is FC(F)(F)C1(C(F)(F)F)N=NN=N1. The Morgan fingerprint density at radius 1 is 0.692 bits per heavy atom. The molecule has 0 N–H and O–H groups in total. The van der Waals surface area contributed by atoms with Gasteiger partial charge in [0, 0.05) is 0 Å². The van der Waals surface area contributed by atoms with E-state index < -0.39 is 18.0 Å². The molecule has 0 fully saturated rings. The monoisotopic (exact) mass is 206 g/mol. The Balaban J connectivity index is 3.19. The highest BCUT2D eigenvalue weighted by Gasteiger charge is 2.75. The molecule has 4 nitrogen and oxygen atoms in total. The van der Waals surface area contributed by atoms with Crippen molar-refractivity contribution in [2.24, 2.45) is 20.7 Å². The van der Waals surface area contributed by atoms with Crippen LogP contribution in [0, 0.1) is 0 Å². The number of halogens is 6. The highest BCUT2D eigenvalue weighted by Crippen LogP contribution is 2.48. The van der Waals surface area contributed by atoms with Gasteiger partial charge in [-0.25, -0.2) is 0 Å². The van der Waals surface area contributed by atoms with Gasteiger partial charge in [-0.1, -0.05) is 0 Å². The molecule has 1 heterocycles. The molecule has 1 aliphatic rings. The summed E-state index contributed by atoms with van der Waals surface area (Å²) in [5.41, 5.74) is -4.51. The molecule has 10 heteroatoms. The smallest absolute Gasteiger partial charge is 0.166 e. The molecule has 0 aromatic heterocycles. The van der Waals surface area contributed by atoms with Crippen LogP contribution in [0.5, 0.6) is 0 Å². The Kier molecular flexibility index (Phi) is 1.81. The zero-order valence-corrected chi connectivity index (χ0v) is 5.56. The Labute approximate surface area is 66.3 Å². The van der Waals surface area contributed by atoms with Crippen molar-refractivity contribution in [3.05, 3.63) is 0 Å². The molecule has 0 spiro atoms. The van der Waals surface area contributed by atoms with E-state index in [0.29, 0.717) is 0 Å². The van der Waals surface area contributed by atoms with E-state index in [1.807, 2.05) is 10.2 Å². The summed E-state index contributed by atoms with van der Waals surface area (Å²) in [6.07, 6.45) is -11.4. The molecule has 0 saturated carbocycles. The summed E-state index contributed by atoms with van der Waals surface area (Å²) in [5.74, 6) is 0. The van der Waals surface area contributed by atoms with Crippen LogP contribution in [0.15, 0.2) is 20.7 Å². The molecule has 74 valence electrons. The number of alkyl halides is 6. The third kappa shape index (κ3) is 1.25. The largest absolute Gasteiger partial charge is 0.447 e. The van der Waals surface area contributed by atoms with E-state index in [4.69, 9.17) is 0 Å². The van der Waals surface area contributed by atoms with Crippen LogP contribution in [-0.4, -0.2) is 18.0 Å². The average Bonchev–Trinajstić information content (AvgIpc) is 2.28. The molecular formula is C3F6N4. The van der Waals surface area contributed by atoms with Crippen LogP contribution in [0.4, 0.5) is 26.3 Å². The van der Waals surface area contributed by atoms with Gasteiger partial charge >= 0.3 is 18.0 Å². The molecular weight excluding hydrogens is 206 g/mol. The lowest BCUT2D eigenvalue weighted by atomic mass is 10.2. The first-order chi connectivity index (χ1) is 5.71. The van der Waals surface area contributed by atoms with Crippen molar-refractivity contribution in [2.45, 2.75) is 18.0 Å². The van der Waals surface area contributed by atoms with Crippen LogP contribution in [0.3, 0.4) is 0 Å². The van der Waals surface area contributed by atoms with Gasteiger partial charge in [-0.15, -0.1) is 10.2 Å². The molecule has 0 saturated heterocycles. The number of rotatable bonds is 0. The predicted octanol–water partition coefficient (Wildman–Crippen LogP) is 2.64. The minimum Gasteiger partial charge on any atom is -0.166 e. The number of nitrogens with zero attached hydrogens (tertiary/aromatic N) is 4. The van der Waals surface area contributed by atoms with Crippen molar-refractivity contribution in [3.63, 3.8) is 0 Å². The molecule has 1 rings (SSSR count). The van der Waals surface area contributed by atoms with Gasteiger partial charge in [0.1, 0.15) is 0 Å². The average molecular weight is 206 g/mol. The second kappa shape index (κ2) is 2.39. The summed E-state index contributed by atoms with van der Waals surface area (Å²) < 4.78 is 71.3. The lowest BCUT2D eigenvalue weighted by Gasteiger charge is -2.24. The van der Waals surface area contributed by atoms with Gasteiger partial charge in [-0.05, 0) is 10.4 Å². The van der Waals surface area contributed by atoms with Crippen LogP contribution in [0.25, 0.3) is 0 Å². The second-order valence-corrected chi connectivity index (χ2v) is 2.05. The number of hydrogen-bond acceptors (Lipinski definition) is 4. The van der Waals surface area contributed by atoms with Crippen LogP contribution in [-0.2, 0) is 0 Å². The van der Waals surface area contributed by atoms with Gasteiger partial charge in [-0.3, -0.25) is 0 Å². The summed E-state index contributed by atoms with van der Waals surface area (Å²) >= 11 is 0. The van der Waals surface area contributed by atoms with E-state index in [0.717, 1.165) is 0 Å². The van der Waals surface area contributed by atoms with Crippen LogP contribution in [0.2, 0.25) is 0 Å². The molecule has 13 heavy (non-hydrogen) atoms. The van der Waals surface area contributed by atoms with Crippen molar-refractivity contribution in [3.8, 4) is 0 Å². The molecule has 1 aliphatic heterocycles. The lowest BCUT2D eigenvalue weighted by molar-refractivity contribution is -0.293. The van der Waals surface area contributed by atoms with Gasteiger partial charge in [0.25, 0.3) is 0 Å². The molecule has 0 radical (unpaired) electrons. The normalized spacial score (nSPS) is 21.1. The topological polar surface area (TPSA) is 49.4 Å². The summed E-state index contributed by atoms with van der Waals surface area (Å²) in [4.78, 5) is 0. The van der Waals surface area contributed by atoms with E-state index >= 15 is 0 Å². The molecule has 0 bridgehead atoms. The van der Waals surface area contributed by atoms with E-state index in [9.17, 15) is 26.3 Å². The Hall–Kier alpha value is -1.22. The minimum absolute atomic E-state index is 1.95. The maximum atomic E-state index is 11.9.